The molecule has 0 atom stereocenters. The van der Waals surface area contributed by atoms with E-state index in [9.17, 15) is 19.2 Å². The Labute approximate surface area is 383 Å². The zero-order valence-electron chi connectivity index (χ0n) is 35.7. The number of primary amides is 2. The van der Waals surface area contributed by atoms with E-state index < -0.39 is 17.9 Å². The Kier molecular flexibility index (Phi) is 15.9. The first-order valence-corrected chi connectivity index (χ1v) is 22.2. The van der Waals surface area contributed by atoms with Crippen molar-refractivity contribution in [2.45, 2.75) is 65.5 Å². The van der Waals surface area contributed by atoms with E-state index in [2.05, 4.69) is 57.9 Å². The lowest BCUT2D eigenvalue weighted by atomic mass is 9.78. The van der Waals surface area contributed by atoms with Crippen LogP contribution < -0.4 is 16.2 Å². The highest BCUT2D eigenvalue weighted by Crippen LogP contribution is 2.42. The van der Waals surface area contributed by atoms with E-state index in [0.29, 0.717) is 18.5 Å². The maximum atomic E-state index is 12.6. The predicted molar refractivity (Wildman–Crippen MR) is 243 cm³/mol. The lowest BCUT2D eigenvalue weighted by molar-refractivity contribution is 0.0949. The van der Waals surface area contributed by atoms with Crippen LogP contribution in [0.2, 0.25) is 10.0 Å². The molecule has 0 aliphatic carbocycles. The summed E-state index contributed by atoms with van der Waals surface area (Å²) in [4.78, 5) is 61.5. The molecule has 0 saturated carbocycles. The van der Waals surface area contributed by atoms with Crippen molar-refractivity contribution in [2.24, 2.45) is 22.3 Å². The van der Waals surface area contributed by atoms with Crippen LogP contribution in [0.4, 0.5) is 9.59 Å². The highest BCUT2D eigenvalue weighted by molar-refractivity contribution is 6.62. The van der Waals surface area contributed by atoms with Gasteiger partial charge in [0.05, 0.1) is 23.5 Å². The molecule has 0 bridgehead atoms. The number of aromatic nitrogens is 2. The summed E-state index contributed by atoms with van der Waals surface area (Å²) < 4.78 is 5.41. The minimum Gasteiger partial charge on any atom is -0.506 e. The fourth-order valence-electron chi connectivity index (χ4n) is 8.90. The summed E-state index contributed by atoms with van der Waals surface area (Å²) >= 11 is 17.9. The van der Waals surface area contributed by atoms with Gasteiger partial charge in [-0.15, -0.1) is 0 Å². The summed E-state index contributed by atoms with van der Waals surface area (Å²) in [5, 5.41) is 10.1. The van der Waals surface area contributed by atoms with Gasteiger partial charge in [0.2, 0.25) is 11.8 Å². The molecule has 0 unspecified atom stereocenters. The Morgan fingerprint density at radius 3 is 1.54 bits per heavy atom. The molecule has 336 valence electrons. The molecule has 63 heavy (non-hydrogen) atoms. The monoisotopic (exact) mass is 920 g/mol. The van der Waals surface area contributed by atoms with Gasteiger partial charge in [-0.1, -0.05) is 35.3 Å². The maximum absolute atomic E-state index is 12.6. The first kappa shape index (κ1) is 47.5. The Morgan fingerprint density at radius 2 is 1.10 bits per heavy atom. The van der Waals surface area contributed by atoms with Crippen LogP contribution in [0.1, 0.15) is 81.5 Å². The second-order valence-electron chi connectivity index (χ2n) is 17.2. The largest absolute Gasteiger partial charge is 0.506 e. The summed E-state index contributed by atoms with van der Waals surface area (Å²) in [6.07, 6.45) is 11.3. The van der Waals surface area contributed by atoms with E-state index in [-0.39, 0.29) is 33.4 Å². The van der Waals surface area contributed by atoms with Gasteiger partial charge in [0.25, 0.3) is 0 Å². The molecule has 2 aromatic carbocycles. The van der Waals surface area contributed by atoms with Gasteiger partial charge >= 0.3 is 11.5 Å². The number of nitrogens with two attached hydrogens (primary N) is 2. The molecule has 2 aromatic heterocycles. The number of rotatable bonds is 7. The molecule has 14 nitrogen and oxygen atoms in total. The second-order valence-corrected chi connectivity index (χ2v) is 18.4. The lowest BCUT2D eigenvalue weighted by Gasteiger charge is -2.38. The van der Waals surface area contributed by atoms with E-state index in [1.165, 1.54) is 65.6 Å². The van der Waals surface area contributed by atoms with Crippen molar-refractivity contribution in [3.8, 4) is 11.5 Å². The Hall–Kier alpha value is -4.99. The third-order valence-corrected chi connectivity index (χ3v) is 13.5. The standard InChI is InChI=1S/C23H27ClN4O3.C17H22Cl2N2O.C6H6N2O2/c1-16-2-3-19(24)10-18(16)14-27-7-4-23(15-27)5-8-28(9-6-23)22(30)31-20-11-17(21(25)29)12-26-13-20;1-13-2-3-15(18)10-14(13)11-20-7-4-17(12-20)5-8-21(9-6-17)16(19)22;7-6(10)4-1-5(9)3-8-2-4/h2-3,10-13H,4-9,14-15H2,1H3,(H2,25,29);2-3,10H,4-9,11-12H2,1H3;1-3,9H,(H2,7,10). The number of hydrogen-bond acceptors (Lipinski definition) is 10. The fraction of sp³-hybridized carbons (Fsp3) is 0.435. The Morgan fingerprint density at radius 1 is 0.651 bits per heavy atom. The summed E-state index contributed by atoms with van der Waals surface area (Å²) in [6.45, 7) is 13.4. The maximum Gasteiger partial charge on any atom is 0.415 e. The normalized spacial score (nSPS) is 18.0. The SMILES string of the molecule is Cc1ccc(Cl)cc1CN1CCC2(CCN(C(=O)Cl)CC2)C1.Cc1ccc(Cl)cc1CN1CCC2(CCN(C(=O)Oc3cncc(C(N)=O)c3)CC2)C1.NC(=O)c1cncc(O)c1. The van der Waals surface area contributed by atoms with Crippen LogP contribution in [0.5, 0.6) is 11.5 Å². The number of pyridine rings is 2. The Balaban J connectivity index is 0.000000178. The van der Waals surface area contributed by atoms with Crippen LogP contribution in [0, 0.1) is 24.7 Å². The molecule has 4 amide bonds. The number of aryl methyl sites for hydroxylation is 2. The summed E-state index contributed by atoms with van der Waals surface area (Å²) in [6, 6.07) is 14.9. The van der Waals surface area contributed by atoms with Crippen LogP contribution >= 0.6 is 34.8 Å². The molecular weight excluding hydrogens is 867 g/mol. The van der Waals surface area contributed by atoms with E-state index in [1.807, 2.05) is 12.1 Å². The number of carbonyl (C=O) groups is 4. The van der Waals surface area contributed by atoms with Gasteiger partial charge in [-0.25, -0.2) is 4.79 Å². The molecule has 2 spiro atoms. The first-order chi connectivity index (χ1) is 30.0. The number of amides is 4. The smallest absolute Gasteiger partial charge is 0.415 e. The lowest BCUT2D eigenvalue weighted by Crippen LogP contribution is -2.45. The molecule has 17 heteroatoms. The third kappa shape index (κ3) is 13.0. The van der Waals surface area contributed by atoms with E-state index in [4.69, 9.17) is 56.1 Å². The average molecular weight is 922 g/mol. The van der Waals surface area contributed by atoms with Crippen LogP contribution in [0.15, 0.2) is 73.3 Å². The molecule has 5 N–H and O–H groups in total. The minimum atomic E-state index is -0.607. The van der Waals surface area contributed by atoms with Gasteiger partial charge in [-0.2, -0.15) is 0 Å². The zero-order chi connectivity index (χ0) is 45.3. The zero-order valence-corrected chi connectivity index (χ0v) is 38.0. The van der Waals surface area contributed by atoms with Gasteiger partial charge in [0, 0.05) is 74.8 Å². The summed E-state index contributed by atoms with van der Waals surface area (Å²) in [5.74, 6) is -1.03. The van der Waals surface area contributed by atoms with Crippen molar-refractivity contribution in [3.05, 3.63) is 117 Å². The van der Waals surface area contributed by atoms with Crippen molar-refractivity contribution >= 4 is 58.1 Å². The third-order valence-electron chi connectivity index (χ3n) is 12.8. The number of carbonyl (C=O) groups excluding carboxylic acids is 4. The fourth-order valence-corrected chi connectivity index (χ4v) is 9.46. The summed E-state index contributed by atoms with van der Waals surface area (Å²) in [7, 11) is 0. The molecular formula is C46H55Cl3N8O6. The number of likely N-dealkylation sites (tertiary alicyclic amines) is 4. The number of hydrogen-bond donors (Lipinski definition) is 3. The first-order valence-electron chi connectivity index (χ1n) is 21.1. The molecule has 6 heterocycles. The second kappa shape index (κ2) is 21.1. The minimum absolute atomic E-state index is 0.0590. The molecule has 4 aliphatic heterocycles. The van der Waals surface area contributed by atoms with Crippen LogP contribution in [0.25, 0.3) is 0 Å². The van der Waals surface area contributed by atoms with Gasteiger partial charge in [0.1, 0.15) is 5.75 Å². The van der Waals surface area contributed by atoms with Gasteiger partial charge in [-0.05, 0) is 147 Å². The topological polar surface area (TPSA) is 189 Å². The highest BCUT2D eigenvalue weighted by Gasteiger charge is 2.42. The van der Waals surface area contributed by atoms with Crippen molar-refractivity contribution in [1.82, 2.24) is 29.6 Å². The summed E-state index contributed by atoms with van der Waals surface area (Å²) in [5.41, 5.74) is 16.3. The quantitative estimate of drug-likeness (QED) is 0.122. The van der Waals surface area contributed by atoms with Gasteiger partial charge in [0.15, 0.2) is 5.75 Å². The number of aromatic hydroxyl groups is 1. The van der Waals surface area contributed by atoms with Crippen LogP contribution in [0.3, 0.4) is 0 Å². The molecule has 4 aromatic rings. The average Bonchev–Trinajstić information content (AvgIpc) is 3.84. The van der Waals surface area contributed by atoms with Gasteiger partial charge in [-0.3, -0.25) is 34.2 Å². The number of benzene rings is 2. The molecule has 4 saturated heterocycles. The van der Waals surface area contributed by atoms with Crippen molar-refractivity contribution in [3.63, 3.8) is 0 Å². The molecule has 4 aliphatic rings. The van der Waals surface area contributed by atoms with Gasteiger partial charge < -0.3 is 31.1 Å². The highest BCUT2D eigenvalue weighted by atomic mass is 35.5. The van der Waals surface area contributed by atoms with Crippen molar-refractivity contribution < 1.29 is 29.0 Å². The van der Waals surface area contributed by atoms with E-state index in [0.717, 1.165) is 94.5 Å². The number of nitrogens with zero attached hydrogens (tertiary/aromatic N) is 6. The Bertz CT molecular complexity index is 2280. The van der Waals surface area contributed by atoms with E-state index in [1.54, 1.807) is 9.80 Å². The number of halogens is 3. The van der Waals surface area contributed by atoms with Crippen molar-refractivity contribution in [2.75, 3.05) is 52.4 Å². The number of ether oxygens (including phenoxy) is 1. The molecule has 8 rings (SSSR count). The van der Waals surface area contributed by atoms with Crippen LogP contribution in [-0.2, 0) is 13.1 Å². The van der Waals surface area contributed by atoms with E-state index >= 15 is 0 Å². The number of piperidine rings is 2. The predicted octanol–water partition coefficient (Wildman–Crippen LogP) is 7.81. The van der Waals surface area contributed by atoms with Crippen LogP contribution in [-0.4, -0.2) is 110 Å². The molecule has 4 fully saturated rings. The van der Waals surface area contributed by atoms with Crippen molar-refractivity contribution in [1.29, 1.82) is 0 Å². The molecule has 0 radical (unpaired) electrons.